The largest absolute Gasteiger partial charge is 0.322 e. The van der Waals surface area contributed by atoms with Gasteiger partial charge < -0.3 is 9.80 Å². The van der Waals surface area contributed by atoms with Gasteiger partial charge in [-0.2, -0.15) is 0 Å². The van der Waals surface area contributed by atoms with Crippen LogP contribution in [0, 0.1) is 0 Å². The van der Waals surface area contributed by atoms with Gasteiger partial charge in [0.15, 0.2) is 6.04 Å². The second-order valence-electron chi connectivity index (χ2n) is 6.47. The average Bonchev–Trinajstić information content (AvgIpc) is 2.84. The third-order valence-electron chi connectivity index (χ3n) is 4.99. The van der Waals surface area contributed by atoms with Crippen molar-refractivity contribution in [1.82, 2.24) is 4.90 Å². The molecule has 2 fully saturated rings. The molecule has 0 spiro atoms. The minimum absolute atomic E-state index is 0.00239. The van der Waals surface area contributed by atoms with Gasteiger partial charge >= 0.3 is 0 Å². The summed E-state index contributed by atoms with van der Waals surface area (Å²) in [5.41, 5.74) is 1.23. The summed E-state index contributed by atoms with van der Waals surface area (Å²) in [5, 5.41) is 0. The highest BCUT2D eigenvalue weighted by Gasteiger charge is 2.44. The SMILES string of the molecule is CN1C(=O)CC([NH+]2CC[NH+](CC=Cc3ccccc3)CC2)C1=O. The minimum atomic E-state index is -0.145. The van der Waals surface area contributed by atoms with E-state index in [1.54, 1.807) is 11.9 Å². The van der Waals surface area contributed by atoms with Gasteiger partial charge in [-0.15, -0.1) is 0 Å². The van der Waals surface area contributed by atoms with Crippen LogP contribution in [0.5, 0.6) is 0 Å². The molecule has 2 aliphatic heterocycles. The van der Waals surface area contributed by atoms with Crippen LogP contribution in [0.25, 0.3) is 6.08 Å². The molecule has 122 valence electrons. The average molecular weight is 315 g/mol. The Kier molecular flexibility index (Phi) is 4.88. The van der Waals surface area contributed by atoms with Crippen molar-refractivity contribution in [2.45, 2.75) is 12.5 Å². The molecule has 5 nitrogen and oxygen atoms in total. The molecule has 1 aromatic rings. The van der Waals surface area contributed by atoms with Gasteiger partial charge in [0.05, 0.1) is 13.0 Å². The highest BCUT2D eigenvalue weighted by molar-refractivity contribution is 6.04. The first-order chi connectivity index (χ1) is 11.1. The number of nitrogens with one attached hydrogen (secondary N) is 2. The molecule has 2 heterocycles. The van der Waals surface area contributed by atoms with Crippen molar-refractivity contribution in [3.63, 3.8) is 0 Å². The Morgan fingerprint density at radius 2 is 1.83 bits per heavy atom. The maximum absolute atomic E-state index is 12.1. The van der Waals surface area contributed by atoms with Gasteiger partial charge in [0, 0.05) is 7.05 Å². The lowest BCUT2D eigenvalue weighted by Crippen LogP contribution is -3.30. The lowest BCUT2D eigenvalue weighted by Gasteiger charge is -2.31. The van der Waals surface area contributed by atoms with E-state index in [9.17, 15) is 9.59 Å². The van der Waals surface area contributed by atoms with Crippen LogP contribution in [0.3, 0.4) is 0 Å². The van der Waals surface area contributed by atoms with E-state index >= 15 is 0 Å². The zero-order valence-corrected chi connectivity index (χ0v) is 13.6. The number of hydrogen-bond donors (Lipinski definition) is 2. The number of amides is 2. The molecule has 5 heteroatoms. The first-order valence-corrected chi connectivity index (χ1v) is 8.35. The molecular weight excluding hydrogens is 290 g/mol. The number of benzene rings is 1. The predicted octanol–water partition coefficient (Wildman–Crippen LogP) is -1.76. The predicted molar refractivity (Wildman–Crippen MR) is 87.9 cm³/mol. The van der Waals surface area contributed by atoms with E-state index in [0.29, 0.717) is 6.42 Å². The first kappa shape index (κ1) is 15.9. The van der Waals surface area contributed by atoms with E-state index < -0.39 is 0 Å². The van der Waals surface area contributed by atoms with Crippen LogP contribution >= 0.6 is 0 Å². The molecule has 1 aromatic carbocycles. The summed E-state index contributed by atoms with van der Waals surface area (Å²) in [4.78, 5) is 27.9. The standard InChI is InChI=1S/C18H23N3O2/c1-19-17(22)14-16(18(19)23)21-12-10-20(11-13-21)9-5-8-15-6-3-2-4-7-15/h2-8,16H,9-14H2,1H3/p+2. The molecule has 2 amide bonds. The normalized spacial score (nSPS) is 28.7. The molecule has 3 rings (SSSR count). The number of hydrogen-bond acceptors (Lipinski definition) is 2. The van der Waals surface area contributed by atoms with Crippen molar-refractivity contribution in [1.29, 1.82) is 0 Å². The van der Waals surface area contributed by atoms with Crippen LogP contribution in [-0.4, -0.2) is 62.5 Å². The van der Waals surface area contributed by atoms with Crippen molar-refractivity contribution in [3.05, 3.63) is 42.0 Å². The molecule has 1 atom stereocenters. The van der Waals surface area contributed by atoms with Crippen molar-refractivity contribution < 1.29 is 19.4 Å². The number of imide groups is 1. The maximum atomic E-state index is 12.1. The fourth-order valence-corrected chi connectivity index (χ4v) is 3.48. The smallest absolute Gasteiger partial charge is 0.287 e. The molecule has 0 aliphatic carbocycles. The fourth-order valence-electron chi connectivity index (χ4n) is 3.48. The van der Waals surface area contributed by atoms with Crippen molar-refractivity contribution in [2.24, 2.45) is 0 Å². The van der Waals surface area contributed by atoms with Crippen molar-refractivity contribution in [2.75, 3.05) is 39.8 Å². The van der Waals surface area contributed by atoms with Crippen LogP contribution in [0.15, 0.2) is 36.4 Å². The van der Waals surface area contributed by atoms with Gasteiger partial charge in [-0.05, 0) is 11.6 Å². The number of likely N-dealkylation sites (tertiary alicyclic amines) is 1. The van der Waals surface area contributed by atoms with E-state index in [1.165, 1.54) is 15.4 Å². The number of quaternary nitrogens is 2. The zero-order chi connectivity index (χ0) is 16.2. The van der Waals surface area contributed by atoms with Crippen LogP contribution in [0.1, 0.15) is 12.0 Å². The second-order valence-corrected chi connectivity index (χ2v) is 6.47. The Morgan fingerprint density at radius 1 is 1.13 bits per heavy atom. The van der Waals surface area contributed by atoms with Gasteiger partial charge in [-0.25, -0.2) is 0 Å². The van der Waals surface area contributed by atoms with E-state index in [4.69, 9.17) is 0 Å². The topological polar surface area (TPSA) is 46.3 Å². The summed E-state index contributed by atoms with van der Waals surface area (Å²) >= 11 is 0. The summed E-state index contributed by atoms with van der Waals surface area (Å²) < 4.78 is 0. The van der Waals surface area contributed by atoms with Gasteiger partial charge in [0.25, 0.3) is 5.91 Å². The van der Waals surface area contributed by atoms with E-state index in [1.807, 2.05) is 18.2 Å². The molecular formula is C18H25N3O2+2. The van der Waals surface area contributed by atoms with E-state index in [0.717, 1.165) is 32.7 Å². The van der Waals surface area contributed by atoms with Gasteiger partial charge in [0.1, 0.15) is 26.2 Å². The summed E-state index contributed by atoms with van der Waals surface area (Å²) in [6.07, 6.45) is 4.78. The van der Waals surface area contributed by atoms with Crippen molar-refractivity contribution in [3.8, 4) is 0 Å². The first-order valence-electron chi connectivity index (χ1n) is 8.35. The number of carbonyl (C=O) groups excluding carboxylic acids is 2. The zero-order valence-electron chi connectivity index (χ0n) is 13.6. The summed E-state index contributed by atoms with van der Waals surface area (Å²) in [5.74, 6) is -0.0366. The number of piperazine rings is 1. The summed E-state index contributed by atoms with van der Waals surface area (Å²) in [7, 11) is 1.60. The monoisotopic (exact) mass is 315 g/mol. The Labute approximate surface area is 137 Å². The van der Waals surface area contributed by atoms with Gasteiger partial charge in [-0.3, -0.25) is 14.5 Å². The number of carbonyl (C=O) groups is 2. The third-order valence-corrected chi connectivity index (χ3v) is 4.99. The highest BCUT2D eigenvalue weighted by atomic mass is 16.2. The number of rotatable bonds is 4. The second kappa shape index (κ2) is 7.06. The lowest BCUT2D eigenvalue weighted by atomic mass is 10.1. The Hall–Kier alpha value is -1.98. The molecule has 23 heavy (non-hydrogen) atoms. The number of nitrogens with zero attached hydrogens (tertiary/aromatic N) is 1. The number of likely N-dealkylation sites (N-methyl/N-ethyl adjacent to an activating group) is 1. The van der Waals surface area contributed by atoms with Crippen LogP contribution in [0.4, 0.5) is 0 Å². The Balaban J connectivity index is 1.46. The minimum Gasteiger partial charge on any atom is -0.322 e. The molecule has 2 aliphatic rings. The van der Waals surface area contributed by atoms with Gasteiger partial charge in [-0.1, -0.05) is 36.4 Å². The molecule has 1 unspecified atom stereocenters. The van der Waals surface area contributed by atoms with Crippen molar-refractivity contribution >= 4 is 17.9 Å². The molecule has 0 saturated carbocycles. The Morgan fingerprint density at radius 3 is 2.43 bits per heavy atom. The molecule has 0 radical (unpaired) electrons. The molecule has 0 bridgehead atoms. The van der Waals surface area contributed by atoms with E-state index in [2.05, 4.69) is 24.3 Å². The third kappa shape index (κ3) is 3.68. The highest BCUT2D eigenvalue weighted by Crippen LogP contribution is 2.07. The molecule has 0 aromatic heterocycles. The van der Waals surface area contributed by atoms with E-state index in [-0.39, 0.29) is 17.9 Å². The summed E-state index contributed by atoms with van der Waals surface area (Å²) in [6.45, 7) is 5.05. The molecule has 2 N–H and O–H groups in total. The summed E-state index contributed by atoms with van der Waals surface area (Å²) in [6, 6.07) is 10.2. The lowest BCUT2D eigenvalue weighted by molar-refractivity contribution is -1.02. The van der Waals surface area contributed by atoms with Crippen LogP contribution in [-0.2, 0) is 9.59 Å². The fraction of sp³-hybridized carbons (Fsp3) is 0.444. The molecule has 2 saturated heterocycles. The maximum Gasteiger partial charge on any atom is 0.287 e. The van der Waals surface area contributed by atoms with Crippen LogP contribution in [0.2, 0.25) is 0 Å². The van der Waals surface area contributed by atoms with Crippen LogP contribution < -0.4 is 9.80 Å². The quantitative estimate of drug-likeness (QED) is 0.647. The Bertz CT molecular complexity index is 592. The van der Waals surface area contributed by atoms with Gasteiger partial charge in [0.2, 0.25) is 5.91 Å².